The van der Waals surface area contributed by atoms with Gasteiger partial charge in [0.15, 0.2) is 0 Å². The van der Waals surface area contributed by atoms with E-state index in [2.05, 4.69) is 42.9 Å². The molecule has 1 aliphatic heterocycles. The Hall–Kier alpha value is -0.120. The molecular formula is C11H27N3. The van der Waals surface area contributed by atoms with Gasteiger partial charge in [-0.3, -0.25) is 4.90 Å². The number of piperazine rings is 1. The average molecular weight is 201 g/mol. The maximum absolute atomic E-state index is 3.53. The fourth-order valence-electron chi connectivity index (χ4n) is 1.66. The van der Waals surface area contributed by atoms with E-state index < -0.39 is 0 Å². The molecule has 1 fully saturated rings. The molecule has 0 spiro atoms. The minimum absolute atomic E-state index is 0. The Kier molecular flexibility index (Phi) is 4.35. The molecule has 3 nitrogen and oxygen atoms in total. The molecule has 0 bridgehead atoms. The molecule has 0 atom stereocenters. The molecule has 1 heterocycles. The Bertz CT molecular complexity index is 160. The Morgan fingerprint density at radius 2 is 1.71 bits per heavy atom. The molecule has 0 radical (unpaired) electrons. The highest BCUT2D eigenvalue weighted by atomic mass is 15.2. The van der Waals surface area contributed by atoms with Crippen LogP contribution in [0, 0.1) is 0 Å². The van der Waals surface area contributed by atoms with Crippen LogP contribution in [0.2, 0.25) is 0 Å². The first-order chi connectivity index (χ1) is 6.47. The standard InChI is InChI=1S/C11H25N3.H2/c1-11(2,3)12-5-6-14-9-7-13(4)8-10-14;/h12H,5-10H2,1-4H3;1H. The Morgan fingerprint density at radius 3 is 2.21 bits per heavy atom. The van der Waals surface area contributed by atoms with Gasteiger partial charge in [0.1, 0.15) is 0 Å². The van der Waals surface area contributed by atoms with Gasteiger partial charge in [-0.1, -0.05) is 0 Å². The zero-order valence-electron chi connectivity index (χ0n) is 10.1. The molecule has 3 heteroatoms. The first-order valence-electron chi connectivity index (χ1n) is 5.63. The molecule has 86 valence electrons. The van der Waals surface area contributed by atoms with Crippen molar-refractivity contribution in [2.45, 2.75) is 26.3 Å². The number of hydrogen-bond acceptors (Lipinski definition) is 3. The van der Waals surface area contributed by atoms with Crippen LogP contribution in [0.25, 0.3) is 0 Å². The third-order valence-electron chi connectivity index (χ3n) is 2.68. The summed E-state index contributed by atoms with van der Waals surface area (Å²) in [7, 11) is 2.20. The molecule has 0 saturated carbocycles. The van der Waals surface area contributed by atoms with Crippen LogP contribution in [0.4, 0.5) is 0 Å². The first-order valence-corrected chi connectivity index (χ1v) is 5.63. The largest absolute Gasteiger partial charge is 0.311 e. The van der Waals surface area contributed by atoms with Crippen molar-refractivity contribution in [3.8, 4) is 0 Å². The van der Waals surface area contributed by atoms with Crippen LogP contribution < -0.4 is 5.32 Å². The van der Waals surface area contributed by atoms with E-state index in [4.69, 9.17) is 0 Å². The SMILES string of the molecule is CN1CCN(CCNC(C)(C)C)CC1.[HH]. The van der Waals surface area contributed by atoms with Gasteiger partial charge in [0.2, 0.25) is 0 Å². The summed E-state index contributed by atoms with van der Waals surface area (Å²) in [4.78, 5) is 4.94. The highest BCUT2D eigenvalue weighted by Crippen LogP contribution is 2.00. The second-order valence-electron chi connectivity index (χ2n) is 5.32. The van der Waals surface area contributed by atoms with Crippen LogP contribution in [0.5, 0.6) is 0 Å². The molecule has 0 aliphatic carbocycles. The van der Waals surface area contributed by atoms with E-state index in [9.17, 15) is 0 Å². The van der Waals surface area contributed by atoms with Crippen LogP contribution in [-0.2, 0) is 0 Å². The van der Waals surface area contributed by atoms with E-state index in [0.717, 1.165) is 6.54 Å². The van der Waals surface area contributed by atoms with Crippen molar-refractivity contribution < 1.29 is 1.43 Å². The fraction of sp³-hybridized carbons (Fsp3) is 1.00. The zero-order chi connectivity index (χ0) is 10.6. The molecular weight excluding hydrogens is 174 g/mol. The molecule has 1 N–H and O–H groups in total. The van der Waals surface area contributed by atoms with Crippen LogP contribution >= 0.6 is 0 Å². The average Bonchev–Trinajstić information content (AvgIpc) is 2.06. The van der Waals surface area contributed by atoms with E-state index >= 15 is 0 Å². The molecule has 0 aromatic rings. The second-order valence-corrected chi connectivity index (χ2v) is 5.32. The van der Waals surface area contributed by atoms with Gasteiger partial charge in [0.25, 0.3) is 0 Å². The molecule has 1 aliphatic rings. The second kappa shape index (κ2) is 5.10. The highest BCUT2D eigenvalue weighted by molar-refractivity contribution is 4.74. The predicted octanol–water partition coefficient (Wildman–Crippen LogP) is 0.868. The lowest BCUT2D eigenvalue weighted by Crippen LogP contribution is -2.48. The van der Waals surface area contributed by atoms with Crippen molar-refractivity contribution in [2.24, 2.45) is 0 Å². The molecule has 1 rings (SSSR count). The van der Waals surface area contributed by atoms with Gasteiger partial charge in [0.05, 0.1) is 0 Å². The first kappa shape index (κ1) is 12.0. The van der Waals surface area contributed by atoms with Gasteiger partial charge in [-0.25, -0.2) is 0 Å². The number of likely N-dealkylation sites (N-methyl/N-ethyl adjacent to an activating group) is 1. The van der Waals surface area contributed by atoms with E-state index in [0.29, 0.717) is 0 Å². The van der Waals surface area contributed by atoms with Gasteiger partial charge >= 0.3 is 0 Å². The summed E-state index contributed by atoms with van der Waals surface area (Å²) in [6.07, 6.45) is 0. The third-order valence-corrected chi connectivity index (χ3v) is 2.68. The van der Waals surface area contributed by atoms with Gasteiger partial charge in [-0.05, 0) is 27.8 Å². The van der Waals surface area contributed by atoms with Crippen molar-refractivity contribution in [3.63, 3.8) is 0 Å². The molecule has 0 aromatic heterocycles. The van der Waals surface area contributed by atoms with Gasteiger partial charge in [0, 0.05) is 46.2 Å². The summed E-state index contributed by atoms with van der Waals surface area (Å²) >= 11 is 0. The number of nitrogens with one attached hydrogen (secondary N) is 1. The molecule has 0 aromatic carbocycles. The van der Waals surface area contributed by atoms with Crippen molar-refractivity contribution in [1.82, 2.24) is 15.1 Å². The van der Waals surface area contributed by atoms with Crippen LogP contribution in [-0.4, -0.2) is 61.7 Å². The quantitative estimate of drug-likeness (QED) is 0.731. The smallest absolute Gasteiger partial charge is 0.0110 e. The topological polar surface area (TPSA) is 18.5 Å². The molecule has 14 heavy (non-hydrogen) atoms. The summed E-state index contributed by atoms with van der Waals surface area (Å²) in [5.41, 5.74) is 0.257. The lowest BCUT2D eigenvalue weighted by molar-refractivity contribution is 0.152. The molecule has 0 unspecified atom stereocenters. The summed E-state index contributed by atoms with van der Waals surface area (Å²) in [6, 6.07) is 0. The summed E-state index contributed by atoms with van der Waals surface area (Å²) in [5.74, 6) is 0. The minimum atomic E-state index is 0. The highest BCUT2D eigenvalue weighted by Gasteiger charge is 2.14. The monoisotopic (exact) mass is 201 g/mol. The lowest BCUT2D eigenvalue weighted by Gasteiger charge is -2.33. The van der Waals surface area contributed by atoms with Crippen molar-refractivity contribution in [2.75, 3.05) is 46.3 Å². The Balaban J connectivity index is 0.00000196. The van der Waals surface area contributed by atoms with E-state index in [-0.39, 0.29) is 6.97 Å². The number of hydrogen-bond donors (Lipinski definition) is 1. The Morgan fingerprint density at radius 1 is 1.14 bits per heavy atom. The van der Waals surface area contributed by atoms with Crippen molar-refractivity contribution in [3.05, 3.63) is 0 Å². The molecule has 0 amide bonds. The van der Waals surface area contributed by atoms with Crippen LogP contribution in [0.15, 0.2) is 0 Å². The van der Waals surface area contributed by atoms with E-state index in [1.54, 1.807) is 0 Å². The van der Waals surface area contributed by atoms with Crippen LogP contribution in [0.1, 0.15) is 22.2 Å². The van der Waals surface area contributed by atoms with Gasteiger partial charge < -0.3 is 10.2 Å². The van der Waals surface area contributed by atoms with E-state index in [1.165, 1.54) is 32.7 Å². The maximum Gasteiger partial charge on any atom is 0.0110 e. The molecule has 1 saturated heterocycles. The van der Waals surface area contributed by atoms with Gasteiger partial charge in [-0.15, -0.1) is 0 Å². The van der Waals surface area contributed by atoms with E-state index in [1.807, 2.05) is 0 Å². The summed E-state index contributed by atoms with van der Waals surface area (Å²) in [6.45, 7) is 13.8. The normalized spacial score (nSPS) is 21.4. The minimum Gasteiger partial charge on any atom is -0.311 e. The van der Waals surface area contributed by atoms with Crippen LogP contribution in [0.3, 0.4) is 0 Å². The lowest BCUT2D eigenvalue weighted by atomic mass is 10.1. The maximum atomic E-state index is 3.53. The summed E-state index contributed by atoms with van der Waals surface area (Å²) < 4.78 is 0. The van der Waals surface area contributed by atoms with Crippen molar-refractivity contribution in [1.29, 1.82) is 0 Å². The van der Waals surface area contributed by atoms with Gasteiger partial charge in [-0.2, -0.15) is 0 Å². The predicted molar refractivity (Wildman–Crippen MR) is 63.8 cm³/mol. The Labute approximate surface area is 89.9 Å². The number of nitrogens with zero attached hydrogens (tertiary/aromatic N) is 2. The van der Waals surface area contributed by atoms with Crippen molar-refractivity contribution >= 4 is 0 Å². The summed E-state index contributed by atoms with van der Waals surface area (Å²) in [5, 5.41) is 3.53. The fourth-order valence-corrected chi connectivity index (χ4v) is 1.66. The third kappa shape index (κ3) is 4.94. The number of rotatable bonds is 3. The zero-order valence-corrected chi connectivity index (χ0v) is 10.1.